The van der Waals surface area contributed by atoms with Crippen molar-refractivity contribution >= 4 is 47.2 Å². The molecule has 0 N–H and O–H groups in total. The molecule has 0 unspecified atom stereocenters. The highest BCUT2D eigenvalue weighted by Gasteiger charge is 2.14. The Balaban J connectivity index is 2.84. The molecule has 0 aliphatic carbocycles. The van der Waals surface area contributed by atoms with E-state index in [-0.39, 0.29) is 9.81 Å². The zero-order valence-electron chi connectivity index (χ0n) is 7.85. The summed E-state index contributed by atoms with van der Waals surface area (Å²) in [5, 5.41) is 8.68. The van der Waals surface area contributed by atoms with Crippen LogP contribution in [0.25, 0.3) is 0 Å². The van der Waals surface area contributed by atoms with Crippen LogP contribution in [0.4, 0.5) is 0 Å². The van der Waals surface area contributed by atoms with Crippen LogP contribution in [0.1, 0.15) is 0 Å². The molecule has 0 aliphatic rings. The molecular weight excluding hydrogens is 310 g/mol. The van der Waals surface area contributed by atoms with Crippen molar-refractivity contribution in [2.75, 3.05) is 0 Å². The Bertz CT molecular complexity index is 473. The molecule has 82 valence electrons. The second-order valence-electron chi connectivity index (χ2n) is 2.65. The monoisotopic (exact) mass is 315 g/mol. The first-order valence-corrected chi connectivity index (χ1v) is 5.73. The summed E-state index contributed by atoms with van der Waals surface area (Å²) < 4.78 is 5.85. The van der Waals surface area contributed by atoms with E-state index in [1.54, 1.807) is 30.3 Å². The lowest BCUT2D eigenvalue weighted by Gasteiger charge is -2.03. The van der Waals surface area contributed by atoms with E-state index in [0.29, 0.717) is 5.75 Å². The largest absolute Gasteiger partial charge is 0.422 e. The van der Waals surface area contributed by atoms with Crippen molar-refractivity contribution in [3.05, 3.63) is 38.5 Å². The van der Waals surface area contributed by atoms with Crippen molar-refractivity contribution in [1.82, 2.24) is 0 Å². The highest BCUT2D eigenvalue weighted by atomic mass is 79.9. The summed E-state index contributed by atoms with van der Waals surface area (Å²) in [5.74, 6) is -0.423. The molecule has 0 heterocycles. The van der Waals surface area contributed by atoms with Gasteiger partial charge in [0.1, 0.15) is 11.8 Å². The van der Waals surface area contributed by atoms with Crippen LogP contribution in [-0.4, -0.2) is 5.97 Å². The Morgan fingerprint density at radius 2 is 1.88 bits per heavy atom. The highest BCUT2D eigenvalue weighted by Crippen LogP contribution is 2.19. The molecule has 0 fully saturated rings. The van der Waals surface area contributed by atoms with Crippen LogP contribution in [0.5, 0.6) is 5.75 Å². The van der Waals surface area contributed by atoms with E-state index in [1.165, 1.54) is 0 Å². The maximum absolute atomic E-state index is 11.5. The number of nitrogens with zero attached hydrogens (tertiary/aromatic N) is 1. The van der Waals surface area contributed by atoms with Gasteiger partial charge in [-0.15, -0.1) is 25.3 Å². The highest BCUT2D eigenvalue weighted by molar-refractivity contribution is 9.10. The second kappa shape index (κ2) is 5.99. The summed E-state index contributed by atoms with van der Waals surface area (Å²) in [6, 6.07) is 8.33. The van der Waals surface area contributed by atoms with Crippen LogP contribution in [0.2, 0.25) is 0 Å². The molecule has 0 amide bonds. The number of esters is 1. The Morgan fingerprint density at radius 1 is 1.31 bits per heavy atom. The molecule has 3 nitrogen and oxygen atoms in total. The molecule has 0 radical (unpaired) electrons. The first-order valence-electron chi connectivity index (χ1n) is 4.04. The van der Waals surface area contributed by atoms with Gasteiger partial charge in [-0.3, -0.25) is 0 Å². The Labute approximate surface area is 112 Å². The van der Waals surface area contributed by atoms with Crippen LogP contribution in [-0.2, 0) is 4.79 Å². The molecule has 0 atom stereocenters. The van der Waals surface area contributed by atoms with E-state index in [2.05, 4.69) is 41.2 Å². The number of carbonyl (C=O) groups is 1. The number of hydrogen-bond acceptors (Lipinski definition) is 5. The molecule has 0 saturated heterocycles. The molecule has 16 heavy (non-hydrogen) atoms. The van der Waals surface area contributed by atoms with Crippen LogP contribution >= 0.6 is 41.2 Å². The van der Waals surface area contributed by atoms with E-state index in [1.807, 2.05) is 0 Å². The molecule has 1 aromatic rings. The third kappa shape index (κ3) is 3.59. The van der Waals surface area contributed by atoms with Crippen molar-refractivity contribution in [1.29, 1.82) is 5.26 Å². The van der Waals surface area contributed by atoms with Crippen molar-refractivity contribution in [2.45, 2.75) is 0 Å². The zero-order chi connectivity index (χ0) is 12.1. The number of hydrogen-bond donors (Lipinski definition) is 2. The van der Waals surface area contributed by atoms with Gasteiger partial charge in [0.15, 0.2) is 5.57 Å². The zero-order valence-corrected chi connectivity index (χ0v) is 11.2. The first kappa shape index (κ1) is 13.2. The topological polar surface area (TPSA) is 50.1 Å². The predicted molar refractivity (Wildman–Crippen MR) is 70.4 cm³/mol. The maximum atomic E-state index is 11.5. The summed E-state index contributed by atoms with van der Waals surface area (Å²) in [7, 11) is 0. The van der Waals surface area contributed by atoms with Gasteiger partial charge in [0.25, 0.3) is 0 Å². The summed E-state index contributed by atoms with van der Waals surface area (Å²) in [6.07, 6.45) is 0. The molecule has 1 rings (SSSR count). The third-order valence-electron chi connectivity index (χ3n) is 1.56. The smallest absolute Gasteiger partial charge is 0.355 e. The Hall–Kier alpha value is -0.900. The SMILES string of the molecule is N#CC(C(=O)Oc1ccc(Br)cc1)=C(S)S. The van der Waals surface area contributed by atoms with E-state index < -0.39 is 5.97 Å². The molecule has 0 aliphatic heterocycles. The third-order valence-corrected chi connectivity index (χ3v) is 2.54. The minimum absolute atomic E-state index is 0.0320. The van der Waals surface area contributed by atoms with Crippen LogP contribution in [0, 0.1) is 11.3 Å². The molecular formula is C10H6BrNO2S2. The first-order chi connectivity index (χ1) is 7.54. The van der Waals surface area contributed by atoms with Crippen molar-refractivity contribution in [3.63, 3.8) is 0 Å². The van der Waals surface area contributed by atoms with Gasteiger partial charge in [0.05, 0.1) is 4.24 Å². The number of halogens is 1. The number of carbonyl (C=O) groups excluding carboxylic acids is 1. The molecule has 0 bridgehead atoms. The van der Waals surface area contributed by atoms with E-state index in [0.717, 1.165) is 4.47 Å². The molecule has 6 heteroatoms. The standard InChI is InChI=1S/C10H6BrNO2S2/c11-6-1-3-7(4-2-6)14-9(13)8(5-12)10(15)16/h1-4,15-16H. The Morgan fingerprint density at radius 3 is 2.31 bits per heavy atom. The molecule has 0 saturated carbocycles. The van der Waals surface area contributed by atoms with Crippen molar-refractivity contribution < 1.29 is 9.53 Å². The van der Waals surface area contributed by atoms with E-state index >= 15 is 0 Å². The predicted octanol–water partition coefficient (Wildman–Crippen LogP) is 2.95. The normalized spacial score (nSPS) is 9.12. The van der Waals surface area contributed by atoms with Crippen LogP contribution in [0.15, 0.2) is 38.5 Å². The van der Waals surface area contributed by atoms with Gasteiger partial charge in [-0.25, -0.2) is 4.79 Å². The molecule has 0 spiro atoms. The van der Waals surface area contributed by atoms with E-state index in [9.17, 15) is 4.79 Å². The lowest BCUT2D eigenvalue weighted by atomic mass is 10.3. The lowest BCUT2D eigenvalue weighted by molar-refractivity contribution is -0.129. The molecule has 1 aromatic carbocycles. The van der Waals surface area contributed by atoms with Gasteiger partial charge in [-0.1, -0.05) is 15.9 Å². The van der Waals surface area contributed by atoms with Gasteiger partial charge in [0.2, 0.25) is 0 Å². The Kier molecular flexibility index (Phi) is 4.93. The average Bonchev–Trinajstić information content (AvgIpc) is 2.22. The number of benzene rings is 1. The van der Waals surface area contributed by atoms with Gasteiger partial charge in [-0.05, 0) is 24.3 Å². The van der Waals surface area contributed by atoms with Crippen LogP contribution in [0.3, 0.4) is 0 Å². The van der Waals surface area contributed by atoms with Crippen molar-refractivity contribution in [3.8, 4) is 11.8 Å². The van der Waals surface area contributed by atoms with Crippen molar-refractivity contribution in [2.24, 2.45) is 0 Å². The van der Waals surface area contributed by atoms with Gasteiger partial charge in [0, 0.05) is 4.47 Å². The fraction of sp³-hybridized carbons (Fsp3) is 0. The number of ether oxygens (including phenoxy) is 1. The van der Waals surface area contributed by atoms with E-state index in [4.69, 9.17) is 10.00 Å². The fourth-order valence-corrected chi connectivity index (χ4v) is 1.39. The summed E-state index contributed by atoms with van der Waals surface area (Å²) >= 11 is 10.9. The number of rotatable bonds is 2. The number of thiol groups is 2. The van der Waals surface area contributed by atoms with Gasteiger partial charge < -0.3 is 4.74 Å². The summed E-state index contributed by atoms with van der Waals surface area (Å²) in [6.45, 7) is 0. The lowest BCUT2D eigenvalue weighted by Crippen LogP contribution is -2.10. The summed E-state index contributed by atoms with van der Waals surface area (Å²) in [4.78, 5) is 11.5. The quantitative estimate of drug-likeness (QED) is 0.290. The maximum Gasteiger partial charge on any atom is 0.355 e. The average molecular weight is 316 g/mol. The number of nitriles is 1. The van der Waals surface area contributed by atoms with Crippen LogP contribution < -0.4 is 4.74 Å². The molecule has 0 aromatic heterocycles. The minimum atomic E-state index is -0.773. The van der Waals surface area contributed by atoms with Gasteiger partial charge in [-0.2, -0.15) is 5.26 Å². The fourth-order valence-electron chi connectivity index (χ4n) is 0.848. The second-order valence-corrected chi connectivity index (χ2v) is 4.82. The minimum Gasteiger partial charge on any atom is -0.422 e. The van der Waals surface area contributed by atoms with Gasteiger partial charge >= 0.3 is 5.97 Å². The summed E-state index contributed by atoms with van der Waals surface area (Å²) in [5.41, 5.74) is -0.227.